The lowest BCUT2D eigenvalue weighted by Crippen LogP contribution is -2.41. The van der Waals surface area contributed by atoms with Gasteiger partial charge in [0.15, 0.2) is 0 Å². The van der Waals surface area contributed by atoms with E-state index in [9.17, 15) is 0 Å². The van der Waals surface area contributed by atoms with E-state index in [1.807, 2.05) is 12.3 Å². The van der Waals surface area contributed by atoms with Gasteiger partial charge in [-0.15, -0.1) is 0 Å². The van der Waals surface area contributed by atoms with Gasteiger partial charge in [0.1, 0.15) is 5.82 Å². The Labute approximate surface area is 129 Å². The highest BCUT2D eigenvalue weighted by Crippen LogP contribution is 2.36. The van der Waals surface area contributed by atoms with Crippen LogP contribution in [0.15, 0.2) is 18.3 Å². The number of anilines is 1. The molecule has 0 aromatic carbocycles. The zero-order chi connectivity index (χ0) is 15.7. The first kappa shape index (κ1) is 16.3. The maximum atomic E-state index is 6.10. The Balaban J connectivity index is 2.15. The number of hydrogen-bond acceptors (Lipinski definition) is 4. The van der Waals surface area contributed by atoms with Gasteiger partial charge in [-0.2, -0.15) is 0 Å². The van der Waals surface area contributed by atoms with E-state index in [2.05, 4.69) is 57.6 Å². The van der Waals surface area contributed by atoms with Crippen LogP contribution in [0, 0.1) is 0 Å². The summed E-state index contributed by atoms with van der Waals surface area (Å²) in [5.74, 6) is 0.968. The molecule has 0 radical (unpaired) electrons. The second-order valence-corrected chi connectivity index (χ2v) is 6.81. The first-order valence-corrected chi connectivity index (χ1v) is 7.79. The van der Waals surface area contributed by atoms with Gasteiger partial charge in [-0.1, -0.05) is 13.3 Å². The molecule has 0 bridgehead atoms. The molecule has 0 unspecified atom stereocenters. The first-order chi connectivity index (χ1) is 9.77. The minimum Gasteiger partial charge on any atom is -0.399 e. The standard InChI is InChI=1S/C16H27BN2O2/c1-7-8-11-19(6)14-12-13(9-10-18-14)17-20-15(2,3)16(4,5)21-17/h9-10,12H,7-8,11H2,1-6H3. The van der Waals surface area contributed by atoms with Gasteiger partial charge in [0, 0.05) is 19.8 Å². The molecule has 21 heavy (non-hydrogen) atoms. The van der Waals surface area contributed by atoms with Crippen LogP contribution in [0.2, 0.25) is 0 Å². The summed E-state index contributed by atoms with van der Waals surface area (Å²) in [4.78, 5) is 6.63. The van der Waals surface area contributed by atoms with Crippen molar-refractivity contribution in [3.8, 4) is 0 Å². The Morgan fingerprint density at radius 2 is 1.81 bits per heavy atom. The van der Waals surface area contributed by atoms with Crippen molar-refractivity contribution in [1.82, 2.24) is 4.98 Å². The average molecular weight is 290 g/mol. The topological polar surface area (TPSA) is 34.6 Å². The summed E-state index contributed by atoms with van der Waals surface area (Å²) in [6.45, 7) is 11.5. The molecule has 2 heterocycles. The van der Waals surface area contributed by atoms with Crippen molar-refractivity contribution in [2.45, 2.75) is 58.7 Å². The van der Waals surface area contributed by atoms with E-state index in [1.165, 1.54) is 12.8 Å². The minimum atomic E-state index is -0.323. The van der Waals surface area contributed by atoms with E-state index in [0.29, 0.717) is 0 Å². The minimum absolute atomic E-state index is 0.310. The number of unbranched alkanes of at least 4 members (excludes halogenated alkanes) is 1. The zero-order valence-electron chi connectivity index (χ0n) is 14.1. The monoisotopic (exact) mass is 290 g/mol. The molecule has 0 N–H and O–H groups in total. The largest absolute Gasteiger partial charge is 0.495 e. The van der Waals surface area contributed by atoms with Gasteiger partial charge < -0.3 is 14.2 Å². The summed E-state index contributed by atoms with van der Waals surface area (Å²) in [6.07, 6.45) is 4.18. The Morgan fingerprint density at radius 1 is 1.19 bits per heavy atom. The third kappa shape index (κ3) is 3.41. The predicted molar refractivity (Wildman–Crippen MR) is 88.1 cm³/mol. The molecule has 2 rings (SSSR count). The van der Waals surface area contributed by atoms with Crippen molar-refractivity contribution in [2.24, 2.45) is 0 Å². The maximum Gasteiger partial charge on any atom is 0.495 e. The molecule has 5 heteroatoms. The van der Waals surface area contributed by atoms with E-state index in [0.717, 1.165) is 17.8 Å². The number of aromatic nitrogens is 1. The first-order valence-electron chi connectivity index (χ1n) is 7.79. The molecule has 4 nitrogen and oxygen atoms in total. The van der Waals surface area contributed by atoms with Crippen molar-refractivity contribution in [3.05, 3.63) is 18.3 Å². The molecule has 0 amide bonds. The normalized spacial score (nSPS) is 19.8. The van der Waals surface area contributed by atoms with Crippen LogP contribution in [0.25, 0.3) is 0 Å². The molecular formula is C16H27BN2O2. The number of hydrogen-bond donors (Lipinski definition) is 0. The quantitative estimate of drug-likeness (QED) is 0.781. The summed E-state index contributed by atoms with van der Waals surface area (Å²) in [5, 5.41) is 0. The van der Waals surface area contributed by atoms with E-state index < -0.39 is 0 Å². The fraction of sp³-hybridized carbons (Fsp3) is 0.688. The third-order valence-corrected chi connectivity index (χ3v) is 4.53. The van der Waals surface area contributed by atoms with E-state index in [-0.39, 0.29) is 18.3 Å². The van der Waals surface area contributed by atoms with Gasteiger partial charge >= 0.3 is 7.12 Å². The molecule has 0 atom stereocenters. The van der Waals surface area contributed by atoms with Gasteiger partial charge in [-0.05, 0) is 51.7 Å². The van der Waals surface area contributed by atoms with Gasteiger partial charge in [0.05, 0.1) is 11.2 Å². The summed E-state index contributed by atoms with van der Waals surface area (Å²) in [5.41, 5.74) is 0.409. The third-order valence-electron chi connectivity index (χ3n) is 4.53. The van der Waals surface area contributed by atoms with Crippen LogP contribution in [-0.2, 0) is 9.31 Å². The van der Waals surface area contributed by atoms with Crippen molar-refractivity contribution in [1.29, 1.82) is 0 Å². The van der Waals surface area contributed by atoms with E-state index >= 15 is 0 Å². The Hall–Kier alpha value is -1.07. The fourth-order valence-corrected chi connectivity index (χ4v) is 2.28. The lowest BCUT2D eigenvalue weighted by atomic mass is 9.79. The van der Waals surface area contributed by atoms with Crippen LogP contribution in [0.3, 0.4) is 0 Å². The van der Waals surface area contributed by atoms with Crippen LogP contribution >= 0.6 is 0 Å². The van der Waals surface area contributed by atoms with Gasteiger partial charge in [0.25, 0.3) is 0 Å². The molecule has 0 aliphatic carbocycles. The van der Waals surface area contributed by atoms with Crippen LogP contribution in [0.4, 0.5) is 5.82 Å². The summed E-state index contributed by atoms with van der Waals surface area (Å²) >= 11 is 0. The smallest absolute Gasteiger partial charge is 0.399 e. The lowest BCUT2D eigenvalue weighted by molar-refractivity contribution is 0.00578. The zero-order valence-corrected chi connectivity index (χ0v) is 14.1. The molecule has 116 valence electrons. The number of nitrogens with zero attached hydrogens (tertiary/aromatic N) is 2. The molecule has 1 aliphatic rings. The Morgan fingerprint density at radius 3 is 2.38 bits per heavy atom. The summed E-state index contributed by atoms with van der Waals surface area (Å²) < 4.78 is 12.2. The molecular weight excluding hydrogens is 263 g/mol. The number of pyridine rings is 1. The highest BCUT2D eigenvalue weighted by molar-refractivity contribution is 6.62. The lowest BCUT2D eigenvalue weighted by Gasteiger charge is -2.32. The summed E-state index contributed by atoms with van der Waals surface area (Å²) in [6, 6.07) is 4.04. The van der Waals surface area contributed by atoms with Crippen LogP contribution in [0.5, 0.6) is 0 Å². The van der Waals surface area contributed by atoms with Gasteiger partial charge in [-0.3, -0.25) is 0 Å². The van der Waals surface area contributed by atoms with Crippen molar-refractivity contribution < 1.29 is 9.31 Å². The number of rotatable bonds is 5. The molecule has 0 saturated carbocycles. The second-order valence-electron chi connectivity index (χ2n) is 6.81. The van der Waals surface area contributed by atoms with Gasteiger partial charge in [-0.25, -0.2) is 4.98 Å². The molecule has 1 saturated heterocycles. The van der Waals surface area contributed by atoms with Crippen LogP contribution in [-0.4, -0.2) is 36.9 Å². The molecule has 1 aliphatic heterocycles. The Kier molecular flexibility index (Phi) is 4.64. The highest BCUT2D eigenvalue weighted by atomic mass is 16.7. The molecule has 0 spiro atoms. The molecule has 1 fully saturated rings. The Bertz CT molecular complexity index is 475. The molecule has 1 aromatic rings. The molecule has 1 aromatic heterocycles. The summed E-state index contributed by atoms with van der Waals surface area (Å²) in [7, 11) is 1.75. The highest BCUT2D eigenvalue weighted by Gasteiger charge is 2.51. The van der Waals surface area contributed by atoms with Crippen LogP contribution < -0.4 is 10.4 Å². The SMILES string of the molecule is CCCCN(C)c1cc(B2OC(C)(C)C(C)(C)O2)ccn1. The second kappa shape index (κ2) is 5.97. The van der Waals surface area contributed by atoms with Crippen molar-refractivity contribution >= 4 is 18.4 Å². The van der Waals surface area contributed by atoms with E-state index in [4.69, 9.17) is 9.31 Å². The van der Waals surface area contributed by atoms with Gasteiger partial charge in [0.2, 0.25) is 0 Å². The van der Waals surface area contributed by atoms with E-state index in [1.54, 1.807) is 0 Å². The van der Waals surface area contributed by atoms with Crippen LogP contribution in [0.1, 0.15) is 47.5 Å². The maximum absolute atomic E-state index is 6.10. The van der Waals surface area contributed by atoms with Crippen molar-refractivity contribution in [2.75, 3.05) is 18.5 Å². The average Bonchev–Trinajstić information content (AvgIpc) is 2.65. The predicted octanol–water partition coefficient (Wildman–Crippen LogP) is 2.62. The van der Waals surface area contributed by atoms with Crippen molar-refractivity contribution in [3.63, 3.8) is 0 Å². The fourth-order valence-electron chi connectivity index (χ4n) is 2.28.